The van der Waals surface area contributed by atoms with Crippen LogP contribution in [-0.4, -0.2) is 50.0 Å². The van der Waals surface area contributed by atoms with Gasteiger partial charge in [0.2, 0.25) is 11.8 Å². The summed E-state index contributed by atoms with van der Waals surface area (Å²) in [5.41, 5.74) is 2.94. The van der Waals surface area contributed by atoms with Crippen molar-refractivity contribution in [2.45, 2.75) is 73.9 Å². The van der Waals surface area contributed by atoms with E-state index in [0.29, 0.717) is 10.7 Å². The number of carbonyl (C=O) groups excluding carboxylic acids is 2. The van der Waals surface area contributed by atoms with E-state index in [1.165, 1.54) is 16.7 Å². The lowest BCUT2D eigenvalue weighted by Gasteiger charge is -2.35. The zero-order chi connectivity index (χ0) is 34.1. The SMILES string of the molecule is CSc1ccc(S(=O)(=O)N(CC(=O)N(Cc2cccc(Cl)c2)[C@@H](Cc2ccccc2)C(=O)NC2CCCCC2)c2ccc(C)cc2)cc1. The summed E-state index contributed by atoms with van der Waals surface area (Å²) >= 11 is 7.88. The Bertz CT molecular complexity index is 1780. The Balaban J connectivity index is 1.56. The molecule has 0 aromatic heterocycles. The van der Waals surface area contributed by atoms with Gasteiger partial charge in [-0.25, -0.2) is 8.42 Å². The largest absolute Gasteiger partial charge is 0.352 e. The fourth-order valence-electron chi connectivity index (χ4n) is 6.04. The van der Waals surface area contributed by atoms with Crippen LogP contribution in [0.25, 0.3) is 0 Å². The summed E-state index contributed by atoms with van der Waals surface area (Å²) in [6.45, 7) is 1.48. The van der Waals surface area contributed by atoms with Crippen molar-refractivity contribution in [1.82, 2.24) is 10.2 Å². The highest BCUT2D eigenvalue weighted by Crippen LogP contribution is 2.27. The van der Waals surface area contributed by atoms with Crippen molar-refractivity contribution in [3.05, 3.63) is 125 Å². The first-order valence-electron chi connectivity index (χ1n) is 16.3. The number of sulfonamides is 1. The molecule has 48 heavy (non-hydrogen) atoms. The van der Waals surface area contributed by atoms with Crippen LogP contribution in [0, 0.1) is 6.92 Å². The van der Waals surface area contributed by atoms with E-state index in [1.54, 1.807) is 54.6 Å². The van der Waals surface area contributed by atoms with E-state index in [1.807, 2.05) is 61.7 Å². The lowest BCUT2D eigenvalue weighted by atomic mass is 9.94. The van der Waals surface area contributed by atoms with Crippen molar-refractivity contribution >= 4 is 50.9 Å². The molecule has 1 aliphatic rings. The standard InChI is InChI=1S/C38H42ClN3O4S2/c1-28-16-18-33(19-17-28)42(48(45,46)35-22-20-34(47-2)21-23-35)27-37(43)41(26-30-12-9-13-31(39)24-30)36(25-29-10-5-3-6-11-29)38(44)40-32-14-7-4-8-15-32/h3,5-6,9-13,16-24,32,36H,4,7-8,14-15,25-27H2,1-2H3,(H,40,44)/t36-/m0/s1. The van der Waals surface area contributed by atoms with Crippen molar-refractivity contribution in [3.8, 4) is 0 Å². The lowest BCUT2D eigenvalue weighted by molar-refractivity contribution is -0.140. The molecule has 1 atom stereocenters. The van der Waals surface area contributed by atoms with E-state index < -0.39 is 28.5 Å². The Labute approximate surface area is 293 Å². The highest BCUT2D eigenvalue weighted by Gasteiger charge is 2.35. The van der Waals surface area contributed by atoms with Crippen LogP contribution in [0.2, 0.25) is 5.02 Å². The minimum absolute atomic E-state index is 0.0290. The Morgan fingerprint density at radius 2 is 1.54 bits per heavy atom. The number of benzene rings is 4. The predicted molar refractivity (Wildman–Crippen MR) is 195 cm³/mol. The molecule has 1 aliphatic carbocycles. The number of anilines is 1. The van der Waals surface area contributed by atoms with Crippen LogP contribution in [0.1, 0.15) is 48.8 Å². The molecule has 2 amide bonds. The molecule has 252 valence electrons. The summed E-state index contributed by atoms with van der Waals surface area (Å²) in [7, 11) is -4.17. The minimum atomic E-state index is -4.17. The smallest absolute Gasteiger partial charge is 0.264 e. The van der Waals surface area contributed by atoms with Gasteiger partial charge in [0.25, 0.3) is 10.0 Å². The number of aryl methyl sites for hydroxylation is 1. The number of nitrogens with zero attached hydrogens (tertiary/aromatic N) is 2. The Hall–Kier alpha value is -3.79. The molecular formula is C38H42ClN3O4S2. The number of halogens is 1. The number of carbonyl (C=O) groups is 2. The molecule has 1 N–H and O–H groups in total. The van der Waals surface area contributed by atoms with Gasteiger partial charge in [-0.1, -0.05) is 91.0 Å². The molecule has 5 rings (SSSR count). The third kappa shape index (κ3) is 9.21. The zero-order valence-corrected chi connectivity index (χ0v) is 29.7. The quantitative estimate of drug-likeness (QED) is 0.145. The second kappa shape index (κ2) is 16.5. The van der Waals surface area contributed by atoms with Crippen LogP contribution in [0.5, 0.6) is 0 Å². The third-order valence-electron chi connectivity index (χ3n) is 8.71. The summed E-state index contributed by atoms with van der Waals surface area (Å²) in [5.74, 6) is -0.752. The van der Waals surface area contributed by atoms with Gasteiger partial charge in [-0.05, 0) is 85.7 Å². The van der Waals surface area contributed by atoms with E-state index in [0.717, 1.165) is 58.0 Å². The van der Waals surface area contributed by atoms with Crippen LogP contribution in [-0.2, 0) is 32.6 Å². The van der Waals surface area contributed by atoms with Crippen LogP contribution in [0.15, 0.2) is 113 Å². The van der Waals surface area contributed by atoms with E-state index >= 15 is 0 Å². The van der Waals surface area contributed by atoms with Gasteiger partial charge in [0.05, 0.1) is 10.6 Å². The number of amides is 2. The second-order valence-electron chi connectivity index (χ2n) is 12.2. The summed E-state index contributed by atoms with van der Waals surface area (Å²) in [6, 6.07) is 29.6. The van der Waals surface area contributed by atoms with E-state index in [-0.39, 0.29) is 29.8 Å². The maximum Gasteiger partial charge on any atom is 0.264 e. The molecule has 0 heterocycles. The number of nitrogens with one attached hydrogen (secondary N) is 1. The van der Waals surface area contributed by atoms with Crippen LogP contribution < -0.4 is 9.62 Å². The van der Waals surface area contributed by atoms with Crippen molar-refractivity contribution in [2.24, 2.45) is 0 Å². The zero-order valence-electron chi connectivity index (χ0n) is 27.3. The van der Waals surface area contributed by atoms with Gasteiger partial charge in [-0.3, -0.25) is 13.9 Å². The fraction of sp³-hybridized carbons (Fsp3) is 0.316. The molecule has 0 aliphatic heterocycles. The van der Waals surface area contributed by atoms with Crippen LogP contribution in [0.4, 0.5) is 5.69 Å². The van der Waals surface area contributed by atoms with E-state index in [2.05, 4.69) is 5.32 Å². The first-order valence-corrected chi connectivity index (χ1v) is 19.3. The first-order chi connectivity index (χ1) is 23.1. The monoisotopic (exact) mass is 703 g/mol. The topological polar surface area (TPSA) is 86.8 Å². The summed E-state index contributed by atoms with van der Waals surface area (Å²) < 4.78 is 29.7. The average molecular weight is 704 g/mol. The number of hydrogen-bond donors (Lipinski definition) is 1. The Morgan fingerprint density at radius 3 is 2.19 bits per heavy atom. The highest BCUT2D eigenvalue weighted by atomic mass is 35.5. The van der Waals surface area contributed by atoms with Gasteiger partial charge >= 0.3 is 0 Å². The summed E-state index contributed by atoms with van der Waals surface area (Å²) in [5, 5.41) is 3.74. The van der Waals surface area contributed by atoms with Gasteiger partial charge in [0.1, 0.15) is 12.6 Å². The molecule has 10 heteroatoms. The number of rotatable bonds is 13. The molecule has 1 saturated carbocycles. The van der Waals surface area contributed by atoms with Gasteiger partial charge in [0.15, 0.2) is 0 Å². The van der Waals surface area contributed by atoms with Crippen molar-refractivity contribution < 1.29 is 18.0 Å². The van der Waals surface area contributed by atoms with Gasteiger partial charge in [0, 0.05) is 28.9 Å². The molecular weight excluding hydrogens is 662 g/mol. The van der Waals surface area contributed by atoms with Gasteiger partial charge in [-0.15, -0.1) is 11.8 Å². The normalized spacial score (nSPS) is 14.2. The summed E-state index contributed by atoms with van der Waals surface area (Å²) in [4.78, 5) is 31.4. The molecule has 4 aromatic carbocycles. The molecule has 1 fully saturated rings. The second-order valence-corrected chi connectivity index (χ2v) is 15.4. The van der Waals surface area contributed by atoms with Crippen molar-refractivity contribution in [3.63, 3.8) is 0 Å². The molecule has 7 nitrogen and oxygen atoms in total. The Morgan fingerprint density at radius 1 is 0.875 bits per heavy atom. The van der Waals surface area contributed by atoms with Gasteiger partial charge < -0.3 is 10.2 Å². The number of thioether (sulfide) groups is 1. The molecule has 0 unspecified atom stereocenters. The maximum atomic E-state index is 14.7. The third-order valence-corrected chi connectivity index (χ3v) is 11.5. The van der Waals surface area contributed by atoms with E-state index in [4.69, 9.17) is 11.6 Å². The lowest BCUT2D eigenvalue weighted by Crippen LogP contribution is -2.55. The molecule has 4 aromatic rings. The van der Waals surface area contributed by atoms with Crippen LogP contribution in [0.3, 0.4) is 0 Å². The molecule has 0 saturated heterocycles. The van der Waals surface area contributed by atoms with Crippen molar-refractivity contribution in [2.75, 3.05) is 17.1 Å². The molecule has 0 bridgehead atoms. The summed E-state index contributed by atoms with van der Waals surface area (Å²) in [6.07, 6.45) is 7.19. The fourth-order valence-corrected chi connectivity index (χ4v) is 8.08. The Kier molecular flexibility index (Phi) is 12.2. The number of hydrogen-bond acceptors (Lipinski definition) is 5. The first kappa shape index (κ1) is 35.5. The van der Waals surface area contributed by atoms with E-state index in [9.17, 15) is 18.0 Å². The van der Waals surface area contributed by atoms with Gasteiger partial charge in [-0.2, -0.15) is 0 Å². The minimum Gasteiger partial charge on any atom is -0.352 e. The average Bonchev–Trinajstić information content (AvgIpc) is 3.10. The van der Waals surface area contributed by atoms with Crippen LogP contribution >= 0.6 is 23.4 Å². The van der Waals surface area contributed by atoms with Crippen molar-refractivity contribution in [1.29, 1.82) is 0 Å². The highest BCUT2D eigenvalue weighted by molar-refractivity contribution is 7.98. The predicted octanol–water partition coefficient (Wildman–Crippen LogP) is 7.65. The maximum absolute atomic E-state index is 14.7. The molecule has 0 spiro atoms. The molecule has 0 radical (unpaired) electrons.